The Hall–Kier alpha value is -6.04. The Morgan fingerprint density at radius 1 is 0.465 bits per heavy atom. The molecule has 1 aliphatic rings. The number of benzene rings is 5. The smallest absolute Gasteiger partial charge is 0.205 e. The minimum absolute atomic E-state index is 0.363. The third-order valence-electron chi connectivity index (χ3n) is 8.07. The largest absolute Gasteiger partial charge is 0.506 e. The van der Waals surface area contributed by atoms with E-state index in [0.29, 0.717) is 5.69 Å². The van der Waals surface area contributed by atoms with Gasteiger partial charge in [-0.05, 0) is 34.4 Å². The maximum Gasteiger partial charge on any atom is 0.205 e. The molecular weight excluding hydrogens is 562 g/mol. The van der Waals surface area contributed by atoms with E-state index in [4.69, 9.17) is 0 Å². The molecular formula is C31H25NO11. The molecule has 0 aromatic heterocycles. The highest BCUT2D eigenvalue weighted by atomic mass is 16.4. The number of rotatable bonds is 3. The highest BCUT2D eigenvalue weighted by Crippen LogP contribution is 2.64. The summed E-state index contributed by atoms with van der Waals surface area (Å²) in [5.41, 5.74) is 1.52. The first-order valence-corrected chi connectivity index (χ1v) is 12.8. The zero-order valence-corrected chi connectivity index (χ0v) is 22.5. The minimum Gasteiger partial charge on any atom is -0.506 e. The highest BCUT2D eigenvalue weighted by Gasteiger charge is 2.36. The van der Waals surface area contributed by atoms with Crippen molar-refractivity contribution >= 4 is 22.1 Å². The second kappa shape index (κ2) is 8.73. The lowest BCUT2D eigenvalue weighted by Crippen LogP contribution is -2.15. The number of fused-ring (bicyclic) bond motifs is 4. The average Bonchev–Trinajstić information content (AvgIpc) is 3.21. The van der Waals surface area contributed by atoms with Crippen LogP contribution in [0, 0.1) is 0 Å². The molecule has 0 aliphatic heterocycles. The molecule has 5 aromatic carbocycles. The summed E-state index contributed by atoms with van der Waals surface area (Å²) in [6, 6.07) is 13.2. The molecule has 5 aromatic rings. The second-order valence-corrected chi connectivity index (χ2v) is 10.8. The van der Waals surface area contributed by atoms with Crippen molar-refractivity contribution in [3.63, 3.8) is 0 Å². The summed E-state index contributed by atoms with van der Waals surface area (Å²) < 4.78 is 0. The van der Waals surface area contributed by atoms with Gasteiger partial charge in [0.1, 0.15) is 11.4 Å². The van der Waals surface area contributed by atoms with E-state index in [1.165, 1.54) is 0 Å². The molecule has 0 fully saturated rings. The van der Waals surface area contributed by atoms with Crippen LogP contribution in [0.5, 0.6) is 63.2 Å². The maximum absolute atomic E-state index is 10.9. The molecule has 0 heterocycles. The summed E-state index contributed by atoms with van der Waals surface area (Å²) in [7, 11) is 0. The lowest BCUT2D eigenvalue weighted by molar-refractivity contribution is 0.347. The van der Waals surface area contributed by atoms with E-state index in [0.717, 1.165) is 22.3 Å². The summed E-state index contributed by atoms with van der Waals surface area (Å²) in [5, 5.41) is 117. The Morgan fingerprint density at radius 2 is 0.930 bits per heavy atom. The predicted molar refractivity (Wildman–Crippen MR) is 155 cm³/mol. The lowest BCUT2D eigenvalue weighted by atomic mass is 9.82. The van der Waals surface area contributed by atoms with Crippen LogP contribution in [0.2, 0.25) is 0 Å². The van der Waals surface area contributed by atoms with E-state index in [9.17, 15) is 56.2 Å². The number of nitrogens with one attached hydrogen (secondary N) is 1. The van der Waals surface area contributed by atoms with Crippen molar-refractivity contribution in [3.05, 3.63) is 53.6 Å². The van der Waals surface area contributed by atoms with Gasteiger partial charge in [0.2, 0.25) is 11.5 Å². The fourth-order valence-electron chi connectivity index (χ4n) is 5.85. The van der Waals surface area contributed by atoms with E-state index in [-0.39, 0.29) is 5.41 Å². The number of phenolic OH excluding ortho intramolecular Hbond substituents is 11. The van der Waals surface area contributed by atoms with Crippen molar-refractivity contribution in [2.24, 2.45) is 0 Å². The molecule has 12 heteroatoms. The topological polar surface area (TPSA) is 235 Å². The van der Waals surface area contributed by atoms with Crippen LogP contribution < -0.4 is 5.32 Å². The molecule has 0 saturated carbocycles. The van der Waals surface area contributed by atoms with Crippen molar-refractivity contribution in [1.82, 2.24) is 0 Å². The van der Waals surface area contributed by atoms with Gasteiger partial charge in [0, 0.05) is 11.1 Å². The normalized spacial score (nSPS) is 13.2. The third kappa shape index (κ3) is 3.43. The van der Waals surface area contributed by atoms with E-state index >= 15 is 0 Å². The standard InChI is InChI=1S/C31H25NO11/c1-31(2)13-6-4-3-5-11(13)12-8-7-10(9-14(12)31)32-19-27(40)23(36)18(24(37)28(19)41)15-20(33)16-17(22(35)21(15)34)26(39)30(43)29(42)25(16)38/h3-9,32-43H,1-2H3. The van der Waals surface area contributed by atoms with Crippen LogP contribution >= 0.6 is 0 Å². The van der Waals surface area contributed by atoms with Crippen LogP contribution in [-0.2, 0) is 5.41 Å². The highest BCUT2D eigenvalue weighted by molar-refractivity contribution is 6.12. The molecule has 6 rings (SSSR count). The number of aromatic hydroxyl groups is 11. The SMILES string of the molecule is CC1(C)c2ccccc2-c2ccc(Nc3c(O)c(O)c(-c4c(O)c(O)c5c(O)c(O)c(O)c(O)c5c4O)c(O)c3O)cc21. The third-order valence-corrected chi connectivity index (χ3v) is 8.07. The summed E-state index contributed by atoms with van der Waals surface area (Å²) >= 11 is 0. The summed E-state index contributed by atoms with van der Waals surface area (Å²) in [5.74, 6) is -13.2. The Morgan fingerprint density at radius 3 is 1.53 bits per heavy atom. The summed E-state index contributed by atoms with van der Waals surface area (Å²) in [4.78, 5) is 0. The van der Waals surface area contributed by atoms with Crippen molar-refractivity contribution in [2.75, 3.05) is 5.32 Å². The van der Waals surface area contributed by atoms with Gasteiger partial charge >= 0.3 is 0 Å². The van der Waals surface area contributed by atoms with E-state index < -0.39 is 90.8 Å². The monoisotopic (exact) mass is 587 g/mol. The average molecular weight is 588 g/mol. The van der Waals surface area contributed by atoms with Crippen LogP contribution in [0.3, 0.4) is 0 Å². The zero-order valence-electron chi connectivity index (χ0n) is 22.5. The Kier molecular flexibility index (Phi) is 5.51. The molecule has 0 atom stereocenters. The molecule has 1 aliphatic carbocycles. The maximum atomic E-state index is 10.9. The van der Waals surface area contributed by atoms with Crippen molar-refractivity contribution < 1.29 is 56.2 Å². The number of hydrogen-bond donors (Lipinski definition) is 12. The summed E-state index contributed by atoms with van der Waals surface area (Å²) in [6.45, 7) is 4.08. The Bertz CT molecular complexity index is 2020. The number of hydrogen-bond acceptors (Lipinski definition) is 12. The molecule has 0 saturated heterocycles. The second-order valence-electron chi connectivity index (χ2n) is 10.8. The van der Waals surface area contributed by atoms with Gasteiger partial charge in [-0.1, -0.05) is 44.2 Å². The Labute approximate surface area is 242 Å². The van der Waals surface area contributed by atoms with E-state index in [2.05, 4.69) is 5.32 Å². The van der Waals surface area contributed by atoms with Gasteiger partial charge in [0.25, 0.3) is 0 Å². The van der Waals surface area contributed by atoms with Crippen molar-refractivity contribution in [1.29, 1.82) is 0 Å². The van der Waals surface area contributed by atoms with Crippen molar-refractivity contribution in [3.8, 4) is 85.5 Å². The van der Waals surface area contributed by atoms with Gasteiger partial charge in [-0.2, -0.15) is 0 Å². The Balaban J connectivity index is 1.52. The van der Waals surface area contributed by atoms with Gasteiger partial charge in [-0.15, -0.1) is 0 Å². The van der Waals surface area contributed by atoms with Crippen LogP contribution in [0.25, 0.3) is 33.0 Å². The minimum atomic E-state index is -1.30. The molecule has 0 unspecified atom stereocenters. The number of anilines is 2. The first kappa shape index (κ1) is 27.1. The molecule has 0 amide bonds. The van der Waals surface area contributed by atoms with Crippen LogP contribution in [0.1, 0.15) is 25.0 Å². The first-order chi connectivity index (χ1) is 20.2. The lowest BCUT2D eigenvalue weighted by Gasteiger charge is -2.23. The summed E-state index contributed by atoms with van der Waals surface area (Å²) in [6.07, 6.45) is 0. The van der Waals surface area contributed by atoms with Crippen molar-refractivity contribution in [2.45, 2.75) is 19.3 Å². The molecule has 220 valence electrons. The zero-order chi connectivity index (χ0) is 31.3. The fraction of sp³-hybridized carbons (Fsp3) is 0.0968. The molecule has 0 spiro atoms. The predicted octanol–water partition coefficient (Wildman–Crippen LogP) is 5.32. The fourth-order valence-corrected chi connectivity index (χ4v) is 5.85. The molecule has 12 nitrogen and oxygen atoms in total. The van der Waals surface area contributed by atoms with Gasteiger partial charge < -0.3 is 61.5 Å². The van der Waals surface area contributed by atoms with E-state index in [1.54, 1.807) is 12.1 Å². The van der Waals surface area contributed by atoms with Gasteiger partial charge in [0.05, 0.1) is 21.9 Å². The molecule has 0 bridgehead atoms. The van der Waals surface area contributed by atoms with Crippen LogP contribution in [0.15, 0.2) is 42.5 Å². The van der Waals surface area contributed by atoms with Gasteiger partial charge in [-0.25, -0.2) is 0 Å². The van der Waals surface area contributed by atoms with Crippen LogP contribution in [0.4, 0.5) is 11.4 Å². The number of phenols is 11. The molecule has 43 heavy (non-hydrogen) atoms. The molecule has 0 radical (unpaired) electrons. The van der Waals surface area contributed by atoms with Gasteiger partial charge in [0.15, 0.2) is 46.0 Å². The quantitative estimate of drug-likeness (QED) is 0.0949. The molecule has 12 N–H and O–H groups in total. The van der Waals surface area contributed by atoms with E-state index in [1.807, 2.05) is 44.2 Å². The van der Waals surface area contributed by atoms with Gasteiger partial charge in [-0.3, -0.25) is 0 Å². The van der Waals surface area contributed by atoms with Crippen LogP contribution in [-0.4, -0.2) is 56.2 Å². The first-order valence-electron chi connectivity index (χ1n) is 12.8.